The van der Waals surface area contributed by atoms with Gasteiger partial charge in [0.15, 0.2) is 0 Å². The van der Waals surface area contributed by atoms with Crippen molar-refractivity contribution in [3.8, 4) is 0 Å². The van der Waals surface area contributed by atoms with Crippen molar-refractivity contribution in [3.63, 3.8) is 0 Å². The number of hydrogen-bond donors (Lipinski definition) is 1. The first-order valence-corrected chi connectivity index (χ1v) is 7.13. The van der Waals surface area contributed by atoms with Gasteiger partial charge in [0.25, 0.3) is 5.56 Å². The number of benzene rings is 1. The molecule has 2 heterocycles. The van der Waals surface area contributed by atoms with Gasteiger partial charge in [0, 0.05) is 16.9 Å². The third-order valence-electron chi connectivity index (χ3n) is 3.06. The highest BCUT2D eigenvalue weighted by molar-refractivity contribution is 7.13. The van der Waals surface area contributed by atoms with E-state index in [2.05, 4.69) is 9.36 Å². The Bertz CT molecular complexity index is 768. The molecule has 0 aliphatic rings. The van der Waals surface area contributed by atoms with Crippen LogP contribution in [0.2, 0.25) is 5.02 Å². The van der Waals surface area contributed by atoms with E-state index in [0.717, 1.165) is 22.4 Å². The van der Waals surface area contributed by atoms with Crippen LogP contribution in [0.1, 0.15) is 11.3 Å². The summed E-state index contributed by atoms with van der Waals surface area (Å²) in [5, 5.41) is 1.36. The summed E-state index contributed by atoms with van der Waals surface area (Å²) in [4.78, 5) is 16.1. The number of pyridine rings is 1. The van der Waals surface area contributed by atoms with Crippen LogP contribution in [-0.4, -0.2) is 9.36 Å². The fraction of sp³-hybridized carbons (Fsp3) is 0.143. The summed E-state index contributed by atoms with van der Waals surface area (Å²) in [7, 11) is 0. The van der Waals surface area contributed by atoms with Crippen LogP contribution < -0.4 is 5.56 Å². The molecule has 0 amide bonds. The highest BCUT2D eigenvalue weighted by Gasteiger charge is 2.11. The largest absolute Gasteiger partial charge is 0.277 e. The summed E-state index contributed by atoms with van der Waals surface area (Å²) < 4.78 is 3.70. The van der Waals surface area contributed by atoms with E-state index in [0.29, 0.717) is 16.8 Å². The van der Waals surface area contributed by atoms with Crippen LogP contribution in [0, 0.1) is 0 Å². The molecule has 3 aromatic rings. The first-order valence-electron chi connectivity index (χ1n) is 5.94. The Morgan fingerprint density at radius 1 is 1.20 bits per heavy atom. The van der Waals surface area contributed by atoms with Crippen molar-refractivity contribution < 1.29 is 0 Å². The van der Waals surface area contributed by atoms with E-state index in [1.807, 2.05) is 30.3 Å². The number of rotatable bonds is 3. The third-order valence-corrected chi connectivity index (χ3v) is 4.26. The van der Waals surface area contributed by atoms with Gasteiger partial charge in [-0.2, -0.15) is 0 Å². The molecule has 104 valence electrons. The van der Waals surface area contributed by atoms with Crippen molar-refractivity contribution in [2.24, 2.45) is 0 Å². The first kappa shape index (κ1) is 15.0. The molecule has 0 saturated carbocycles. The van der Waals surface area contributed by atoms with Crippen LogP contribution in [0.3, 0.4) is 0 Å². The molecule has 3 rings (SSSR count). The lowest BCUT2D eigenvalue weighted by Crippen LogP contribution is -2.03. The lowest BCUT2D eigenvalue weighted by Gasteiger charge is -2.05. The molecular weight excluding hydrogens is 315 g/mol. The molecule has 3 nitrogen and oxygen atoms in total. The second-order valence-electron chi connectivity index (χ2n) is 4.25. The van der Waals surface area contributed by atoms with Crippen LogP contribution in [0.4, 0.5) is 0 Å². The standard InChI is InChI=1S/C14H11ClN2OS.ClH/c15-11-6-7-12-13(14(18)17-19-12)10(11)5-4-9-3-1-2-8-16-9;/h1-3,6-8H,4-5H2,(H,17,18);1H. The topological polar surface area (TPSA) is 45.8 Å². The number of aryl methyl sites for hydroxylation is 2. The fourth-order valence-electron chi connectivity index (χ4n) is 2.13. The van der Waals surface area contributed by atoms with Gasteiger partial charge in [0.1, 0.15) is 0 Å². The van der Waals surface area contributed by atoms with Gasteiger partial charge < -0.3 is 0 Å². The molecule has 0 atom stereocenters. The van der Waals surface area contributed by atoms with Crippen LogP contribution in [0.25, 0.3) is 10.1 Å². The molecule has 2 aromatic heterocycles. The predicted molar refractivity (Wildman–Crippen MR) is 86.3 cm³/mol. The average molecular weight is 327 g/mol. The zero-order valence-electron chi connectivity index (χ0n) is 10.4. The average Bonchev–Trinajstić information content (AvgIpc) is 2.81. The van der Waals surface area contributed by atoms with Gasteiger partial charge in [-0.3, -0.25) is 14.2 Å². The summed E-state index contributed by atoms with van der Waals surface area (Å²) in [6.45, 7) is 0. The SMILES string of the molecule is Cl.O=c1[nH]sc2ccc(Cl)c(CCc3ccccn3)c12. The van der Waals surface area contributed by atoms with Crippen molar-refractivity contribution >= 4 is 45.6 Å². The Morgan fingerprint density at radius 2 is 2.05 bits per heavy atom. The molecule has 0 bridgehead atoms. The minimum absolute atomic E-state index is 0. The van der Waals surface area contributed by atoms with E-state index in [1.165, 1.54) is 11.5 Å². The van der Waals surface area contributed by atoms with Gasteiger partial charge >= 0.3 is 0 Å². The molecule has 0 aliphatic carbocycles. The van der Waals surface area contributed by atoms with Crippen LogP contribution in [-0.2, 0) is 12.8 Å². The van der Waals surface area contributed by atoms with Crippen molar-refractivity contribution in [3.05, 3.63) is 63.2 Å². The molecule has 1 N–H and O–H groups in total. The lowest BCUT2D eigenvalue weighted by molar-refractivity contribution is 0.920. The van der Waals surface area contributed by atoms with Crippen LogP contribution in [0.15, 0.2) is 41.3 Å². The molecule has 20 heavy (non-hydrogen) atoms. The van der Waals surface area contributed by atoms with E-state index in [-0.39, 0.29) is 18.0 Å². The van der Waals surface area contributed by atoms with E-state index in [4.69, 9.17) is 11.6 Å². The van der Waals surface area contributed by atoms with Gasteiger partial charge in [-0.05, 0) is 42.7 Å². The fourth-order valence-corrected chi connectivity index (χ4v) is 3.14. The normalized spacial score (nSPS) is 10.4. The number of aromatic amines is 1. The summed E-state index contributed by atoms with van der Waals surface area (Å²) in [5.74, 6) is 0. The summed E-state index contributed by atoms with van der Waals surface area (Å²) in [6.07, 6.45) is 3.26. The number of hydrogen-bond acceptors (Lipinski definition) is 3. The number of halogens is 2. The van der Waals surface area contributed by atoms with E-state index in [1.54, 1.807) is 6.20 Å². The highest BCUT2D eigenvalue weighted by atomic mass is 35.5. The van der Waals surface area contributed by atoms with Crippen molar-refractivity contribution in [1.82, 2.24) is 9.36 Å². The number of H-pyrrole nitrogens is 1. The van der Waals surface area contributed by atoms with Gasteiger partial charge in [0.2, 0.25) is 0 Å². The van der Waals surface area contributed by atoms with Gasteiger partial charge in [-0.25, -0.2) is 0 Å². The molecule has 0 fully saturated rings. The van der Waals surface area contributed by atoms with E-state index >= 15 is 0 Å². The molecule has 0 radical (unpaired) electrons. The van der Waals surface area contributed by atoms with E-state index < -0.39 is 0 Å². The highest BCUT2D eigenvalue weighted by Crippen LogP contribution is 2.26. The minimum Gasteiger partial charge on any atom is -0.277 e. The van der Waals surface area contributed by atoms with E-state index in [9.17, 15) is 4.79 Å². The maximum atomic E-state index is 11.8. The maximum Gasteiger partial charge on any atom is 0.266 e. The van der Waals surface area contributed by atoms with Crippen LogP contribution >= 0.6 is 35.5 Å². The molecule has 0 aliphatic heterocycles. The Morgan fingerprint density at radius 3 is 2.80 bits per heavy atom. The molecule has 1 aromatic carbocycles. The monoisotopic (exact) mass is 326 g/mol. The lowest BCUT2D eigenvalue weighted by atomic mass is 10.0. The maximum absolute atomic E-state index is 11.8. The summed E-state index contributed by atoms with van der Waals surface area (Å²) in [5.41, 5.74) is 1.85. The quantitative estimate of drug-likeness (QED) is 0.794. The Kier molecular flexibility index (Phi) is 4.81. The smallest absolute Gasteiger partial charge is 0.266 e. The van der Waals surface area contributed by atoms with Crippen molar-refractivity contribution in [2.75, 3.05) is 0 Å². The summed E-state index contributed by atoms with van der Waals surface area (Å²) >= 11 is 7.58. The number of nitrogens with one attached hydrogen (secondary N) is 1. The zero-order chi connectivity index (χ0) is 13.2. The summed E-state index contributed by atoms with van der Waals surface area (Å²) in [6, 6.07) is 9.56. The van der Waals surface area contributed by atoms with Crippen molar-refractivity contribution in [1.29, 1.82) is 0 Å². The Hall–Kier alpha value is -1.36. The minimum atomic E-state index is -0.0569. The van der Waals surface area contributed by atoms with Gasteiger partial charge in [-0.15, -0.1) is 12.4 Å². The van der Waals surface area contributed by atoms with Gasteiger partial charge in [0.05, 0.1) is 10.1 Å². The third kappa shape index (κ3) is 2.87. The molecule has 0 spiro atoms. The second kappa shape index (κ2) is 6.39. The molecular formula is C14H12Cl2N2OS. The molecule has 0 saturated heterocycles. The van der Waals surface area contributed by atoms with Gasteiger partial charge in [-0.1, -0.05) is 29.2 Å². The Labute approximate surface area is 131 Å². The molecule has 6 heteroatoms. The second-order valence-corrected chi connectivity index (χ2v) is 5.51. The van der Waals surface area contributed by atoms with Crippen LogP contribution in [0.5, 0.6) is 0 Å². The number of nitrogens with zero attached hydrogens (tertiary/aromatic N) is 1. The van der Waals surface area contributed by atoms with Crippen molar-refractivity contribution in [2.45, 2.75) is 12.8 Å². The first-order chi connectivity index (χ1) is 9.25. The predicted octanol–water partition coefficient (Wildman–Crippen LogP) is 3.85. The molecule has 0 unspecified atom stereocenters. The number of fused-ring (bicyclic) bond motifs is 1. The Balaban J connectivity index is 0.00000147. The number of aromatic nitrogens is 2. The zero-order valence-corrected chi connectivity index (χ0v) is 12.8.